The molecule has 1 aromatic heterocycles. The number of aromatic nitrogens is 2. The molecule has 8 heteroatoms. The van der Waals surface area contributed by atoms with Crippen LogP contribution in [0.15, 0.2) is 65.5 Å². The van der Waals surface area contributed by atoms with E-state index in [4.69, 9.17) is 19.2 Å². The van der Waals surface area contributed by atoms with Crippen molar-refractivity contribution in [3.63, 3.8) is 0 Å². The molecule has 0 aliphatic heterocycles. The fourth-order valence-electron chi connectivity index (χ4n) is 4.66. The van der Waals surface area contributed by atoms with Gasteiger partial charge in [0, 0.05) is 12.1 Å². The highest BCUT2D eigenvalue weighted by molar-refractivity contribution is 5.96. The number of fused-ring (bicyclic) bond motifs is 1. The van der Waals surface area contributed by atoms with Gasteiger partial charge in [-0.05, 0) is 62.2 Å². The summed E-state index contributed by atoms with van der Waals surface area (Å²) >= 11 is 0. The highest BCUT2D eigenvalue weighted by atomic mass is 16.5. The molecule has 38 heavy (non-hydrogen) atoms. The van der Waals surface area contributed by atoms with Crippen LogP contribution >= 0.6 is 0 Å². The van der Waals surface area contributed by atoms with Gasteiger partial charge < -0.3 is 19.1 Å². The van der Waals surface area contributed by atoms with Crippen LogP contribution in [0, 0.1) is 0 Å². The van der Waals surface area contributed by atoms with Gasteiger partial charge in [-0.3, -0.25) is 14.2 Å². The first-order chi connectivity index (χ1) is 18.4. The van der Waals surface area contributed by atoms with Crippen LogP contribution < -0.4 is 19.8 Å². The van der Waals surface area contributed by atoms with Crippen LogP contribution in [0.1, 0.15) is 48.6 Å². The van der Waals surface area contributed by atoms with Crippen molar-refractivity contribution in [3.8, 4) is 22.9 Å². The number of ether oxygens (including phenoxy) is 3. The maximum atomic E-state index is 13.9. The summed E-state index contributed by atoms with van der Waals surface area (Å²) in [6.45, 7) is 6.24. The number of rotatable bonds is 9. The largest absolute Gasteiger partial charge is 0.493 e. The van der Waals surface area contributed by atoms with Crippen LogP contribution in [-0.2, 0) is 6.42 Å². The highest BCUT2D eigenvalue weighted by Crippen LogP contribution is 2.39. The van der Waals surface area contributed by atoms with E-state index in [1.165, 1.54) is 21.3 Å². The molecule has 0 saturated heterocycles. The van der Waals surface area contributed by atoms with Crippen molar-refractivity contribution in [1.82, 2.24) is 14.5 Å². The van der Waals surface area contributed by atoms with Crippen molar-refractivity contribution in [1.29, 1.82) is 0 Å². The van der Waals surface area contributed by atoms with Gasteiger partial charge in [-0.25, -0.2) is 4.98 Å². The van der Waals surface area contributed by atoms with Gasteiger partial charge in [0.25, 0.3) is 11.5 Å². The van der Waals surface area contributed by atoms with E-state index in [9.17, 15) is 9.59 Å². The third-order valence-electron chi connectivity index (χ3n) is 6.76. The number of hydrogen-bond acceptors (Lipinski definition) is 6. The van der Waals surface area contributed by atoms with Crippen LogP contribution in [0.3, 0.4) is 0 Å². The molecular weight excluding hydrogens is 482 g/mol. The minimum absolute atomic E-state index is 0.182. The maximum Gasteiger partial charge on any atom is 0.266 e. The Morgan fingerprint density at radius 2 is 1.58 bits per heavy atom. The summed E-state index contributed by atoms with van der Waals surface area (Å²) in [6.07, 6.45) is 0.890. The second-order valence-corrected chi connectivity index (χ2v) is 8.83. The number of aryl methyl sites for hydroxylation is 1. The first-order valence-electron chi connectivity index (χ1n) is 12.6. The van der Waals surface area contributed by atoms with Gasteiger partial charge in [-0.2, -0.15) is 0 Å². The first-order valence-corrected chi connectivity index (χ1v) is 12.6. The Balaban J connectivity index is 1.87. The molecule has 8 nitrogen and oxygen atoms in total. The van der Waals surface area contributed by atoms with Gasteiger partial charge in [0.15, 0.2) is 11.5 Å². The molecule has 1 atom stereocenters. The average molecular weight is 516 g/mol. The Kier molecular flexibility index (Phi) is 8.00. The lowest BCUT2D eigenvalue weighted by Crippen LogP contribution is -2.37. The number of nitrogens with zero attached hydrogens (tertiary/aromatic N) is 3. The Morgan fingerprint density at radius 1 is 0.947 bits per heavy atom. The van der Waals surface area contributed by atoms with Gasteiger partial charge in [-0.15, -0.1) is 0 Å². The van der Waals surface area contributed by atoms with Gasteiger partial charge in [0.1, 0.15) is 5.82 Å². The summed E-state index contributed by atoms with van der Waals surface area (Å²) in [5.41, 5.74) is 2.63. The van der Waals surface area contributed by atoms with E-state index in [0.717, 1.165) is 12.0 Å². The van der Waals surface area contributed by atoms with Crippen molar-refractivity contribution in [3.05, 3.63) is 88.0 Å². The summed E-state index contributed by atoms with van der Waals surface area (Å²) in [4.78, 5) is 34.2. The van der Waals surface area contributed by atoms with E-state index in [1.54, 1.807) is 27.7 Å². The fraction of sp³-hybridized carbons (Fsp3) is 0.300. The van der Waals surface area contributed by atoms with E-state index in [2.05, 4.69) is 6.92 Å². The minimum atomic E-state index is -0.533. The smallest absolute Gasteiger partial charge is 0.266 e. The van der Waals surface area contributed by atoms with Crippen molar-refractivity contribution >= 4 is 16.8 Å². The monoisotopic (exact) mass is 515 g/mol. The lowest BCUT2D eigenvalue weighted by atomic mass is 10.1. The Labute approximate surface area is 222 Å². The second kappa shape index (κ2) is 11.4. The second-order valence-electron chi connectivity index (χ2n) is 8.83. The number of para-hydroxylation sites is 1. The molecule has 0 aliphatic rings. The van der Waals surface area contributed by atoms with Crippen molar-refractivity contribution in [2.24, 2.45) is 0 Å². The Hall–Kier alpha value is -4.33. The summed E-state index contributed by atoms with van der Waals surface area (Å²) in [5, 5.41) is 0.516. The minimum Gasteiger partial charge on any atom is -0.493 e. The van der Waals surface area contributed by atoms with Crippen LogP contribution in [0.2, 0.25) is 0 Å². The number of carbonyl (C=O) groups excluding carboxylic acids is 1. The van der Waals surface area contributed by atoms with Crippen LogP contribution in [-0.4, -0.2) is 48.2 Å². The zero-order valence-electron chi connectivity index (χ0n) is 22.6. The van der Waals surface area contributed by atoms with Gasteiger partial charge in [0.05, 0.1) is 44.0 Å². The van der Waals surface area contributed by atoms with Crippen LogP contribution in [0.4, 0.5) is 0 Å². The van der Waals surface area contributed by atoms with Gasteiger partial charge in [-0.1, -0.05) is 31.2 Å². The van der Waals surface area contributed by atoms with Crippen LogP contribution in [0.5, 0.6) is 17.2 Å². The Bertz CT molecular complexity index is 1490. The molecule has 0 saturated carbocycles. The van der Waals surface area contributed by atoms with Crippen LogP contribution in [0.25, 0.3) is 16.6 Å². The number of benzene rings is 3. The quantitative estimate of drug-likeness (QED) is 0.305. The third-order valence-corrected chi connectivity index (χ3v) is 6.76. The van der Waals surface area contributed by atoms with Gasteiger partial charge in [0.2, 0.25) is 5.75 Å². The zero-order chi connectivity index (χ0) is 27.4. The summed E-state index contributed by atoms with van der Waals surface area (Å²) < 4.78 is 17.9. The predicted octanol–water partition coefficient (Wildman–Crippen LogP) is 5.20. The molecule has 4 rings (SSSR count). The molecule has 3 aromatic carbocycles. The normalized spacial score (nSPS) is 11.7. The number of hydrogen-bond donors (Lipinski definition) is 0. The first kappa shape index (κ1) is 26.7. The number of carbonyl (C=O) groups is 1. The summed E-state index contributed by atoms with van der Waals surface area (Å²) in [7, 11) is 4.53. The number of amides is 1. The fourth-order valence-corrected chi connectivity index (χ4v) is 4.66. The summed E-state index contributed by atoms with van der Waals surface area (Å²) in [6, 6.07) is 17.8. The van der Waals surface area contributed by atoms with E-state index >= 15 is 0 Å². The molecule has 0 aliphatic carbocycles. The van der Waals surface area contributed by atoms with Crippen molar-refractivity contribution in [2.45, 2.75) is 33.2 Å². The van der Waals surface area contributed by atoms with Crippen molar-refractivity contribution in [2.75, 3.05) is 27.9 Å². The number of methoxy groups -OCH3 is 3. The SMILES string of the molecule is CCc1ccc(-n2c(C(C)N(CC)C(=O)c3cc(OC)c(OC)c(OC)c3)nc3ccccc3c2=O)cc1. The average Bonchev–Trinajstić information content (AvgIpc) is 2.96. The summed E-state index contributed by atoms with van der Waals surface area (Å²) in [5.74, 6) is 1.39. The highest BCUT2D eigenvalue weighted by Gasteiger charge is 2.28. The standard InChI is InChI=1S/C30H33N3O5/c1-7-20-13-15-22(16-14-20)33-28(31-24-12-10-9-11-23(24)30(33)35)19(3)32(8-2)29(34)21-17-25(36-4)27(38-6)26(18-21)37-5/h9-19H,7-8H2,1-6H3. The molecule has 0 N–H and O–H groups in total. The van der Waals surface area contributed by atoms with Gasteiger partial charge >= 0.3 is 0 Å². The molecule has 198 valence electrons. The molecule has 1 amide bonds. The molecule has 1 unspecified atom stereocenters. The molecular formula is C30H33N3O5. The zero-order valence-corrected chi connectivity index (χ0v) is 22.6. The lowest BCUT2D eigenvalue weighted by Gasteiger charge is -2.30. The third kappa shape index (κ3) is 4.81. The molecule has 1 heterocycles. The van der Waals surface area contributed by atoms with E-state index in [-0.39, 0.29) is 11.5 Å². The molecule has 0 fully saturated rings. The molecule has 0 radical (unpaired) electrons. The Morgan fingerprint density at radius 3 is 2.13 bits per heavy atom. The molecule has 4 aromatic rings. The maximum absolute atomic E-state index is 13.9. The molecule has 0 bridgehead atoms. The topological polar surface area (TPSA) is 82.9 Å². The van der Waals surface area contributed by atoms with E-state index < -0.39 is 6.04 Å². The lowest BCUT2D eigenvalue weighted by molar-refractivity contribution is 0.0692. The van der Waals surface area contributed by atoms with Crippen molar-refractivity contribution < 1.29 is 19.0 Å². The predicted molar refractivity (Wildman–Crippen MR) is 148 cm³/mol. The van der Waals surface area contributed by atoms with E-state index in [0.29, 0.717) is 51.8 Å². The molecule has 0 spiro atoms. The van der Waals surface area contributed by atoms with E-state index in [1.807, 2.05) is 56.3 Å².